The van der Waals surface area contributed by atoms with Crippen LogP contribution in [-0.2, 0) is 17.1 Å². The van der Waals surface area contributed by atoms with Crippen LogP contribution in [0.2, 0.25) is 0 Å². The molecule has 0 amide bonds. The summed E-state index contributed by atoms with van der Waals surface area (Å²) in [6.07, 6.45) is 2.90. The van der Waals surface area contributed by atoms with Crippen molar-refractivity contribution in [1.29, 1.82) is 0 Å². The maximum Gasteiger partial charge on any atom is 0.267 e. The van der Waals surface area contributed by atoms with Crippen molar-refractivity contribution in [2.24, 2.45) is 7.05 Å². The molecule has 0 saturated heterocycles. The topological polar surface area (TPSA) is 76.9 Å². The molecule has 9 heteroatoms. The van der Waals surface area contributed by atoms with Gasteiger partial charge in [-0.25, -0.2) is 13.4 Å². The summed E-state index contributed by atoms with van der Waals surface area (Å²) >= 11 is 4.45. The van der Waals surface area contributed by atoms with E-state index in [1.54, 1.807) is 13.2 Å². The minimum absolute atomic E-state index is 0.0906. The van der Waals surface area contributed by atoms with Crippen molar-refractivity contribution in [3.63, 3.8) is 0 Å². The highest BCUT2D eigenvalue weighted by Gasteiger charge is 2.22. The van der Waals surface area contributed by atoms with Gasteiger partial charge in [-0.3, -0.25) is 9.40 Å². The van der Waals surface area contributed by atoms with Crippen molar-refractivity contribution < 1.29 is 8.42 Å². The molecular formula is C8H9BrN4O2S2. The minimum Gasteiger partial charge on any atom is -0.260 e. The third-order valence-electron chi connectivity index (χ3n) is 1.97. The Labute approximate surface area is 111 Å². The highest BCUT2D eigenvalue weighted by molar-refractivity contribution is 9.10. The van der Waals surface area contributed by atoms with Crippen molar-refractivity contribution in [2.75, 3.05) is 4.72 Å². The molecule has 2 aromatic heterocycles. The number of hydrogen-bond acceptors (Lipinski definition) is 5. The molecule has 92 valence electrons. The lowest BCUT2D eigenvalue weighted by Crippen LogP contribution is -2.12. The maximum atomic E-state index is 12.0. The Kier molecular flexibility index (Phi) is 3.23. The zero-order valence-electron chi connectivity index (χ0n) is 9.01. The molecule has 6 nitrogen and oxygen atoms in total. The first-order valence-electron chi connectivity index (χ1n) is 4.53. The quantitative estimate of drug-likeness (QED) is 0.926. The molecule has 0 unspecified atom stereocenters. The molecule has 0 aliphatic rings. The second-order valence-electron chi connectivity index (χ2n) is 3.30. The average molecular weight is 337 g/mol. The van der Waals surface area contributed by atoms with Crippen LogP contribution in [0.25, 0.3) is 0 Å². The monoisotopic (exact) mass is 336 g/mol. The predicted molar refractivity (Wildman–Crippen MR) is 68.6 cm³/mol. The third-order valence-corrected chi connectivity index (χ3v) is 5.47. The minimum atomic E-state index is -3.64. The molecule has 1 N–H and O–H groups in total. The van der Waals surface area contributed by atoms with Gasteiger partial charge in [0.2, 0.25) is 0 Å². The number of aryl methyl sites for hydroxylation is 2. The molecule has 0 spiro atoms. The lowest BCUT2D eigenvalue weighted by Gasteiger charge is -2.03. The first-order chi connectivity index (χ1) is 7.90. The summed E-state index contributed by atoms with van der Waals surface area (Å²) in [5.41, 5.74) is 0. The predicted octanol–water partition coefficient (Wildman–Crippen LogP) is 1.75. The van der Waals surface area contributed by atoms with Gasteiger partial charge in [-0.15, -0.1) is 11.3 Å². The maximum absolute atomic E-state index is 12.0. The Morgan fingerprint density at radius 2 is 2.18 bits per heavy atom. The van der Waals surface area contributed by atoms with Crippen LogP contribution in [0.5, 0.6) is 0 Å². The number of anilines is 1. The SMILES string of the molecule is Cc1cnc(NS(=O)(=O)c2cnn(C)c2Br)s1. The summed E-state index contributed by atoms with van der Waals surface area (Å²) in [5, 5.41) is 4.21. The van der Waals surface area contributed by atoms with E-state index in [0.717, 1.165) is 4.88 Å². The number of hydrogen-bond donors (Lipinski definition) is 1. The van der Waals surface area contributed by atoms with Gasteiger partial charge in [0.25, 0.3) is 10.0 Å². The smallest absolute Gasteiger partial charge is 0.260 e. The molecule has 0 fully saturated rings. The number of halogens is 1. The van der Waals surface area contributed by atoms with Crippen LogP contribution >= 0.6 is 27.3 Å². The van der Waals surface area contributed by atoms with Gasteiger partial charge in [0.05, 0.1) is 6.20 Å². The second-order valence-corrected chi connectivity index (χ2v) is 6.94. The van der Waals surface area contributed by atoms with E-state index in [9.17, 15) is 8.42 Å². The van der Waals surface area contributed by atoms with Gasteiger partial charge in [-0.2, -0.15) is 5.10 Å². The number of aromatic nitrogens is 3. The van der Waals surface area contributed by atoms with Crippen LogP contribution in [-0.4, -0.2) is 23.2 Å². The molecule has 0 radical (unpaired) electrons. The van der Waals surface area contributed by atoms with E-state index in [4.69, 9.17) is 0 Å². The molecule has 0 aromatic carbocycles. The Morgan fingerprint density at radius 1 is 1.47 bits per heavy atom. The Bertz CT molecular complexity index is 646. The summed E-state index contributed by atoms with van der Waals surface area (Å²) < 4.78 is 28.3. The molecule has 0 aliphatic carbocycles. The Morgan fingerprint density at radius 3 is 2.65 bits per heavy atom. The highest BCUT2D eigenvalue weighted by atomic mass is 79.9. The van der Waals surface area contributed by atoms with Gasteiger partial charge in [-0.1, -0.05) is 0 Å². The third kappa shape index (κ3) is 2.50. The normalized spacial score (nSPS) is 11.7. The summed E-state index contributed by atoms with van der Waals surface area (Å²) in [5.74, 6) is 0. The van der Waals surface area contributed by atoms with Gasteiger partial charge < -0.3 is 0 Å². The Balaban J connectivity index is 2.34. The lowest BCUT2D eigenvalue weighted by atomic mass is 10.7. The van der Waals surface area contributed by atoms with E-state index < -0.39 is 10.0 Å². The van der Waals surface area contributed by atoms with E-state index in [1.165, 1.54) is 22.2 Å². The number of sulfonamides is 1. The van der Waals surface area contributed by atoms with E-state index >= 15 is 0 Å². The van der Waals surface area contributed by atoms with Gasteiger partial charge >= 0.3 is 0 Å². The molecule has 17 heavy (non-hydrogen) atoms. The van der Waals surface area contributed by atoms with Crippen molar-refractivity contribution in [1.82, 2.24) is 14.8 Å². The first-order valence-corrected chi connectivity index (χ1v) is 7.62. The Hall–Kier alpha value is -0.930. The molecule has 2 heterocycles. The fraction of sp³-hybridized carbons (Fsp3) is 0.250. The van der Waals surface area contributed by atoms with Gasteiger partial charge in [0.1, 0.15) is 9.50 Å². The zero-order chi connectivity index (χ0) is 12.6. The van der Waals surface area contributed by atoms with Gasteiger partial charge in [-0.05, 0) is 22.9 Å². The van der Waals surface area contributed by atoms with Crippen LogP contribution in [0.1, 0.15) is 4.88 Å². The summed E-state index contributed by atoms with van der Waals surface area (Å²) in [4.78, 5) is 4.98. The summed E-state index contributed by atoms with van der Waals surface area (Å²) in [6.45, 7) is 1.86. The summed E-state index contributed by atoms with van der Waals surface area (Å²) in [7, 11) is -1.99. The summed E-state index contributed by atoms with van der Waals surface area (Å²) in [6, 6.07) is 0. The highest BCUT2D eigenvalue weighted by Crippen LogP contribution is 2.25. The number of nitrogens with one attached hydrogen (secondary N) is 1. The van der Waals surface area contributed by atoms with E-state index in [0.29, 0.717) is 9.73 Å². The lowest BCUT2D eigenvalue weighted by molar-refractivity contribution is 0.600. The zero-order valence-corrected chi connectivity index (χ0v) is 12.2. The van der Waals surface area contributed by atoms with E-state index in [1.807, 2.05) is 6.92 Å². The van der Waals surface area contributed by atoms with E-state index in [-0.39, 0.29) is 4.90 Å². The second kappa shape index (κ2) is 4.39. The van der Waals surface area contributed by atoms with Crippen molar-refractivity contribution >= 4 is 42.4 Å². The van der Waals surface area contributed by atoms with Crippen molar-refractivity contribution in [3.05, 3.63) is 21.9 Å². The van der Waals surface area contributed by atoms with Crippen LogP contribution in [0, 0.1) is 6.92 Å². The fourth-order valence-electron chi connectivity index (χ4n) is 1.15. The van der Waals surface area contributed by atoms with Crippen LogP contribution < -0.4 is 4.72 Å². The first kappa shape index (κ1) is 12.5. The van der Waals surface area contributed by atoms with Crippen LogP contribution in [0.4, 0.5) is 5.13 Å². The number of nitrogens with zero attached hydrogens (tertiary/aromatic N) is 3. The van der Waals surface area contributed by atoms with Gasteiger partial charge in [0, 0.05) is 18.1 Å². The van der Waals surface area contributed by atoms with Crippen LogP contribution in [0.15, 0.2) is 21.9 Å². The standard InChI is InChI=1S/C8H9BrN4O2S2/c1-5-3-10-8(16-5)12-17(14,15)6-4-11-13(2)7(6)9/h3-4H,1-2H3,(H,10,12). The van der Waals surface area contributed by atoms with Crippen LogP contribution in [0.3, 0.4) is 0 Å². The average Bonchev–Trinajstić information content (AvgIpc) is 2.75. The largest absolute Gasteiger partial charge is 0.267 e. The number of rotatable bonds is 3. The molecular weight excluding hydrogens is 328 g/mol. The molecule has 2 aromatic rings. The molecule has 0 aliphatic heterocycles. The van der Waals surface area contributed by atoms with Crippen molar-refractivity contribution in [2.45, 2.75) is 11.8 Å². The molecule has 0 atom stereocenters. The molecule has 0 saturated carbocycles. The number of thiazole rings is 1. The molecule has 0 bridgehead atoms. The van der Waals surface area contributed by atoms with Gasteiger partial charge in [0.15, 0.2) is 5.13 Å². The van der Waals surface area contributed by atoms with E-state index in [2.05, 4.69) is 30.7 Å². The fourth-order valence-corrected chi connectivity index (χ4v) is 3.93. The molecule has 2 rings (SSSR count). The van der Waals surface area contributed by atoms with Crippen molar-refractivity contribution in [3.8, 4) is 0 Å².